The monoisotopic (exact) mass is 765 g/mol. The zero-order chi connectivity index (χ0) is 40.2. The number of amides is 2. The lowest BCUT2D eigenvalue weighted by Gasteiger charge is -2.29. The summed E-state index contributed by atoms with van der Waals surface area (Å²) in [6, 6.07) is 0. The maximum atomic E-state index is 13.7. The smallest absolute Gasteiger partial charge is 0.223 e. The second-order valence-corrected chi connectivity index (χ2v) is 15.8. The van der Waals surface area contributed by atoms with E-state index in [2.05, 4.69) is 6.92 Å². The summed E-state index contributed by atoms with van der Waals surface area (Å²) < 4.78 is 0. The molecule has 0 aliphatic rings. The lowest BCUT2D eigenvalue weighted by molar-refractivity contribution is -0.137. The highest BCUT2D eigenvalue weighted by Crippen LogP contribution is 2.21. The lowest BCUT2D eigenvalue weighted by atomic mass is 9.92. The van der Waals surface area contributed by atoms with E-state index in [-0.39, 0.29) is 79.9 Å². The molecule has 2 atom stereocenters. The molecular formula is C43H84N6O5. The standard InChI is InChI=1S/C43H84N6O5/c1-3-4-5-6-7-8-9-10-11-12-13-14-15-24-40(51)31-38(22-16-18-27-44)35-49(43(54)26-21-30-47)36-41(52)32-39(23-17-19-28-45)34-48(33-37(2)50)42(53)25-20-29-46/h38-39H,3-36,44-47H2,1-2H3/t38-,39-/m1/s1. The van der Waals surface area contributed by atoms with Gasteiger partial charge in [0.2, 0.25) is 11.8 Å². The predicted molar refractivity (Wildman–Crippen MR) is 223 cm³/mol. The molecule has 0 aromatic rings. The van der Waals surface area contributed by atoms with Gasteiger partial charge < -0.3 is 32.7 Å². The van der Waals surface area contributed by atoms with Crippen LogP contribution in [0.1, 0.15) is 181 Å². The summed E-state index contributed by atoms with van der Waals surface area (Å²) in [5, 5.41) is 0. The molecule has 0 bridgehead atoms. The van der Waals surface area contributed by atoms with Gasteiger partial charge in [0.05, 0.1) is 13.1 Å². The Bertz CT molecular complexity index is 980. The Labute approximate surface area is 330 Å². The van der Waals surface area contributed by atoms with Crippen LogP contribution in [0.3, 0.4) is 0 Å². The third-order valence-corrected chi connectivity index (χ3v) is 10.4. The third kappa shape index (κ3) is 30.1. The molecule has 0 unspecified atom stereocenters. The van der Waals surface area contributed by atoms with E-state index in [9.17, 15) is 24.0 Å². The van der Waals surface area contributed by atoms with Crippen LogP contribution in [0, 0.1) is 11.8 Å². The molecule has 0 radical (unpaired) electrons. The van der Waals surface area contributed by atoms with Crippen molar-refractivity contribution in [2.45, 2.75) is 181 Å². The number of rotatable bonds is 40. The number of ketones is 3. The Kier molecular flexibility index (Phi) is 34.9. The fourth-order valence-corrected chi connectivity index (χ4v) is 7.26. The van der Waals surface area contributed by atoms with Gasteiger partial charge in [0.25, 0.3) is 0 Å². The van der Waals surface area contributed by atoms with Crippen molar-refractivity contribution in [2.24, 2.45) is 34.8 Å². The Balaban J connectivity index is 5.39. The van der Waals surface area contributed by atoms with Crippen molar-refractivity contribution >= 4 is 29.2 Å². The highest BCUT2D eigenvalue weighted by Gasteiger charge is 2.26. The summed E-state index contributed by atoms with van der Waals surface area (Å²) in [4.78, 5) is 68.7. The number of carbonyl (C=O) groups excluding carboxylic acids is 5. The van der Waals surface area contributed by atoms with Gasteiger partial charge in [-0.2, -0.15) is 0 Å². The van der Waals surface area contributed by atoms with E-state index in [1.54, 1.807) is 9.80 Å². The molecule has 0 fully saturated rings. The summed E-state index contributed by atoms with van der Waals surface area (Å²) in [7, 11) is 0. The van der Waals surface area contributed by atoms with Crippen molar-refractivity contribution in [1.82, 2.24) is 9.80 Å². The first kappa shape index (κ1) is 51.8. The van der Waals surface area contributed by atoms with Crippen LogP contribution < -0.4 is 22.9 Å². The second-order valence-electron chi connectivity index (χ2n) is 15.8. The first-order valence-electron chi connectivity index (χ1n) is 22.0. The lowest BCUT2D eigenvalue weighted by Crippen LogP contribution is -2.42. The number of carbonyl (C=O) groups is 5. The molecule has 0 aliphatic carbocycles. The largest absolute Gasteiger partial charge is 0.335 e. The fourth-order valence-electron chi connectivity index (χ4n) is 7.26. The zero-order valence-corrected chi connectivity index (χ0v) is 34.9. The molecule has 54 heavy (non-hydrogen) atoms. The third-order valence-electron chi connectivity index (χ3n) is 10.4. The molecule has 8 N–H and O–H groups in total. The van der Waals surface area contributed by atoms with Crippen molar-refractivity contribution in [2.75, 3.05) is 52.4 Å². The van der Waals surface area contributed by atoms with E-state index in [0.29, 0.717) is 64.8 Å². The molecule has 316 valence electrons. The van der Waals surface area contributed by atoms with Crippen LogP contribution in [0.2, 0.25) is 0 Å². The molecule has 0 rings (SSSR count). The van der Waals surface area contributed by atoms with Crippen LogP contribution in [0.4, 0.5) is 0 Å². The molecular weight excluding hydrogens is 681 g/mol. The maximum Gasteiger partial charge on any atom is 0.223 e. The Hall–Kier alpha value is -2.21. The van der Waals surface area contributed by atoms with Gasteiger partial charge >= 0.3 is 0 Å². The van der Waals surface area contributed by atoms with Gasteiger partial charge in [-0.05, 0) is 89.9 Å². The van der Waals surface area contributed by atoms with E-state index in [1.807, 2.05) is 0 Å². The summed E-state index contributed by atoms with van der Waals surface area (Å²) >= 11 is 0. The molecule has 0 aromatic heterocycles. The number of hydrogen-bond acceptors (Lipinski definition) is 9. The van der Waals surface area contributed by atoms with Crippen molar-refractivity contribution in [3.63, 3.8) is 0 Å². The quantitative estimate of drug-likeness (QED) is 0.0497. The minimum Gasteiger partial charge on any atom is -0.335 e. The van der Waals surface area contributed by atoms with Crippen LogP contribution in [0.15, 0.2) is 0 Å². The first-order valence-corrected chi connectivity index (χ1v) is 22.0. The predicted octanol–water partition coefficient (Wildman–Crippen LogP) is 6.60. The van der Waals surface area contributed by atoms with Gasteiger partial charge in [0.15, 0.2) is 5.78 Å². The molecule has 0 spiro atoms. The maximum absolute atomic E-state index is 13.7. The van der Waals surface area contributed by atoms with Gasteiger partial charge in [-0.15, -0.1) is 0 Å². The summed E-state index contributed by atoms with van der Waals surface area (Å²) in [5.41, 5.74) is 22.9. The van der Waals surface area contributed by atoms with Crippen molar-refractivity contribution in [3.05, 3.63) is 0 Å². The molecule has 0 saturated carbocycles. The van der Waals surface area contributed by atoms with Crippen molar-refractivity contribution in [3.8, 4) is 0 Å². The molecule has 0 aromatic carbocycles. The number of nitrogens with two attached hydrogens (primary N) is 4. The van der Waals surface area contributed by atoms with E-state index in [1.165, 1.54) is 71.1 Å². The minimum atomic E-state index is -0.173. The fraction of sp³-hybridized carbons (Fsp3) is 0.884. The number of Topliss-reactive ketones (excluding diaryl/α,β-unsaturated/α-hetero) is 3. The number of nitrogens with zero attached hydrogens (tertiary/aromatic N) is 2. The Morgan fingerprint density at radius 3 is 1.24 bits per heavy atom. The van der Waals surface area contributed by atoms with Gasteiger partial charge in [-0.25, -0.2) is 0 Å². The van der Waals surface area contributed by atoms with Crippen LogP contribution in [0.5, 0.6) is 0 Å². The van der Waals surface area contributed by atoms with Crippen LogP contribution in [-0.4, -0.2) is 91.3 Å². The van der Waals surface area contributed by atoms with Gasteiger partial charge in [0, 0.05) is 45.2 Å². The Morgan fingerprint density at radius 2 is 0.833 bits per heavy atom. The van der Waals surface area contributed by atoms with E-state index < -0.39 is 0 Å². The van der Waals surface area contributed by atoms with Crippen LogP contribution >= 0.6 is 0 Å². The minimum absolute atomic E-state index is 0.00744. The average Bonchev–Trinajstić information content (AvgIpc) is 3.13. The highest BCUT2D eigenvalue weighted by atomic mass is 16.2. The number of hydrogen-bond donors (Lipinski definition) is 4. The normalized spacial score (nSPS) is 12.4. The highest BCUT2D eigenvalue weighted by molar-refractivity contribution is 5.87. The van der Waals surface area contributed by atoms with Crippen molar-refractivity contribution < 1.29 is 24.0 Å². The van der Waals surface area contributed by atoms with Crippen LogP contribution in [0.25, 0.3) is 0 Å². The molecule has 11 nitrogen and oxygen atoms in total. The second kappa shape index (κ2) is 36.4. The van der Waals surface area contributed by atoms with E-state index >= 15 is 0 Å². The number of unbranched alkanes of at least 4 members (excludes halogenated alkanes) is 14. The summed E-state index contributed by atoms with van der Waals surface area (Å²) in [6.45, 7) is 6.13. The molecule has 0 saturated heterocycles. The van der Waals surface area contributed by atoms with Gasteiger partial charge in [0.1, 0.15) is 11.6 Å². The van der Waals surface area contributed by atoms with Gasteiger partial charge in [-0.1, -0.05) is 96.8 Å². The van der Waals surface area contributed by atoms with Crippen LogP contribution in [-0.2, 0) is 24.0 Å². The Morgan fingerprint density at radius 1 is 0.444 bits per heavy atom. The SMILES string of the molecule is CCCCCCCCCCCCCCCC(=O)C[C@@H](CCCCN)CN(CC(=O)C[C@@H](CCCCN)CN(CC(C)=O)C(=O)CCCN)C(=O)CCCN. The van der Waals surface area contributed by atoms with Gasteiger partial charge in [-0.3, -0.25) is 24.0 Å². The average molecular weight is 765 g/mol. The molecule has 2 amide bonds. The zero-order valence-electron chi connectivity index (χ0n) is 34.9. The first-order chi connectivity index (χ1) is 26.1. The molecule has 0 aliphatic heterocycles. The van der Waals surface area contributed by atoms with E-state index in [0.717, 1.165) is 51.4 Å². The summed E-state index contributed by atoms with van der Waals surface area (Å²) in [6.07, 6.45) is 23.8. The summed E-state index contributed by atoms with van der Waals surface area (Å²) in [5.74, 6) is -0.484. The molecule has 11 heteroatoms. The van der Waals surface area contributed by atoms with Crippen molar-refractivity contribution in [1.29, 1.82) is 0 Å². The van der Waals surface area contributed by atoms with E-state index in [4.69, 9.17) is 22.9 Å². The topological polar surface area (TPSA) is 196 Å². The molecule has 0 heterocycles.